The molecule has 0 aliphatic heterocycles. The zero-order valence-corrected chi connectivity index (χ0v) is 16.9. The number of aryl methyl sites for hydroxylation is 1. The van der Waals surface area contributed by atoms with Crippen molar-refractivity contribution in [3.63, 3.8) is 0 Å². The minimum atomic E-state index is -3.38. The van der Waals surface area contributed by atoms with E-state index in [4.69, 9.17) is 4.42 Å². The van der Waals surface area contributed by atoms with Gasteiger partial charge in [0, 0.05) is 29.2 Å². The molecule has 30 heavy (non-hydrogen) atoms. The van der Waals surface area contributed by atoms with Crippen LogP contribution in [-0.4, -0.2) is 29.6 Å². The van der Waals surface area contributed by atoms with E-state index in [9.17, 15) is 13.2 Å². The molecule has 0 fully saturated rings. The highest BCUT2D eigenvalue weighted by Crippen LogP contribution is 2.24. The molecule has 154 valence electrons. The number of aromatic amines is 1. The maximum Gasteiger partial charge on any atom is 0.417 e. The van der Waals surface area contributed by atoms with Crippen LogP contribution in [0.15, 0.2) is 57.9 Å². The molecule has 0 saturated carbocycles. The van der Waals surface area contributed by atoms with Gasteiger partial charge in [0.2, 0.25) is 16.0 Å². The van der Waals surface area contributed by atoms with Gasteiger partial charge in [-0.15, -0.1) is 0 Å². The molecule has 0 spiro atoms. The summed E-state index contributed by atoms with van der Waals surface area (Å²) in [6.45, 7) is 1.86. The van der Waals surface area contributed by atoms with Gasteiger partial charge in [0.25, 0.3) is 0 Å². The number of nitrogens with one attached hydrogen (secondary N) is 4. The molecule has 4 N–H and O–H groups in total. The van der Waals surface area contributed by atoms with E-state index in [0.29, 0.717) is 39.9 Å². The second-order valence-corrected chi connectivity index (χ2v) is 8.40. The zero-order chi connectivity index (χ0) is 21.3. The van der Waals surface area contributed by atoms with Crippen molar-refractivity contribution in [3.8, 4) is 0 Å². The molecule has 0 amide bonds. The fourth-order valence-electron chi connectivity index (χ4n) is 2.79. The summed E-state index contributed by atoms with van der Waals surface area (Å²) in [7, 11) is -3.38. The van der Waals surface area contributed by atoms with E-state index in [1.165, 1.54) is 0 Å². The van der Waals surface area contributed by atoms with Crippen molar-refractivity contribution in [2.75, 3.05) is 21.6 Å². The van der Waals surface area contributed by atoms with E-state index in [0.717, 1.165) is 11.8 Å². The fourth-order valence-corrected chi connectivity index (χ4v) is 3.35. The van der Waals surface area contributed by atoms with Crippen LogP contribution in [-0.2, 0) is 10.0 Å². The Morgan fingerprint density at radius 3 is 2.60 bits per heavy atom. The van der Waals surface area contributed by atoms with Crippen LogP contribution in [0, 0.1) is 6.92 Å². The van der Waals surface area contributed by atoms with Crippen LogP contribution in [0.5, 0.6) is 0 Å². The third-order valence-corrected chi connectivity index (χ3v) is 4.68. The van der Waals surface area contributed by atoms with Gasteiger partial charge < -0.3 is 15.1 Å². The van der Waals surface area contributed by atoms with Crippen molar-refractivity contribution in [2.45, 2.75) is 6.92 Å². The summed E-state index contributed by atoms with van der Waals surface area (Å²) >= 11 is 0. The first kappa shape index (κ1) is 19.5. The van der Waals surface area contributed by atoms with Gasteiger partial charge in [-0.2, -0.15) is 4.98 Å². The Balaban J connectivity index is 1.57. The van der Waals surface area contributed by atoms with Crippen molar-refractivity contribution < 1.29 is 12.8 Å². The van der Waals surface area contributed by atoms with Gasteiger partial charge in [0.05, 0.1) is 17.5 Å². The Morgan fingerprint density at radius 1 is 1.03 bits per heavy atom. The monoisotopic (exact) mass is 426 g/mol. The first-order valence-corrected chi connectivity index (χ1v) is 10.7. The molecular formula is C19H18N6O4S. The van der Waals surface area contributed by atoms with Gasteiger partial charge >= 0.3 is 5.76 Å². The van der Waals surface area contributed by atoms with Crippen LogP contribution in [0.4, 0.5) is 28.8 Å². The molecule has 10 nitrogen and oxygen atoms in total. The topological polar surface area (TPSA) is 142 Å². The average Bonchev–Trinajstić information content (AvgIpc) is 3.03. The van der Waals surface area contributed by atoms with Crippen LogP contribution in [0.3, 0.4) is 0 Å². The number of benzene rings is 2. The summed E-state index contributed by atoms with van der Waals surface area (Å²) in [6.07, 6.45) is 2.75. The molecule has 2 aromatic carbocycles. The summed E-state index contributed by atoms with van der Waals surface area (Å²) < 4.78 is 30.3. The molecule has 0 aliphatic carbocycles. The lowest BCUT2D eigenvalue weighted by atomic mass is 10.2. The molecule has 0 saturated heterocycles. The third-order valence-electron chi connectivity index (χ3n) is 4.08. The van der Waals surface area contributed by atoms with Gasteiger partial charge in [-0.05, 0) is 37.3 Å². The van der Waals surface area contributed by atoms with Crippen molar-refractivity contribution >= 4 is 50.0 Å². The van der Waals surface area contributed by atoms with Crippen molar-refractivity contribution in [3.05, 3.63) is 64.8 Å². The second-order valence-electron chi connectivity index (χ2n) is 6.66. The van der Waals surface area contributed by atoms with Crippen LogP contribution in [0.25, 0.3) is 11.1 Å². The molecule has 4 aromatic rings. The number of oxazole rings is 1. The predicted octanol–water partition coefficient (Wildman–Crippen LogP) is 3.08. The molecule has 0 aliphatic rings. The number of aromatic nitrogens is 3. The van der Waals surface area contributed by atoms with Gasteiger partial charge in [0.15, 0.2) is 5.58 Å². The summed E-state index contributed by atoms with van der Waals surface area (Å²) in [5.41, 5.74) is 3.59. The Labute approximate surface area is 171 Å². The fraction of sp³-hybridized carbons (Fsp3) is 0.105. The molecule has 4 rings (SSSR count). The Hall–Kier alpha value is -3.86. The summed E-state index contributed by atoms with van der Waals surface area (Å²) in [5.74, 6) is 0.378. The molecule has 0 bridgehead atoms. The molecule has 0 unspecified atom stereocenters. The first-order valence-electron chi connectivity index (χ1n) is 8.84. The largest absolute Gasteiger partial charge is 0.417 e. The number of H-pyrrole nitrogens is 1. The number of hydrogen-bond acceptors (Lipinski definition) is 8. The quantitative estimate of drug-likeness (QED) is 0.368. The summed E-state index contributed by atoms with van der Waals surface area (Å²) in [6, 6.07) is 12.0. The number of sulfonamides is 1. The van der Waals surface area contributed by atoms with E-state index < -0.39 is 15.8 Å². The minimum Gasteiger partial charge on any atom is -0.408 e. The lowest BCUT2D eigenvalue weighted by molar-refractivity contribution is 0.555. The van der Waals surface area contributed by atoms with E-state index in [1.807, 2.05) is 6.92 Å². The standard InChI is InChI=1S/C19H18N6O4S/c1-11-10-20-18(22-12-4-3-5-14(8-12)25-30(2,27)28)24-17(11)21-13-6-7-15-16(9-13)29-19(26)23-15/h3-10,25H,1-2H3,(H,23,26)(H2,20,21,22,24). The normalized spacial score (nSPS) is 11.4. The SMILES string of the molecule is Cc1cnc(Nc2cccc(NS(C)(=O)=O)c2)nc1Nc1ccc2[nH]c(=O)oc2c1. The lowest BCUT2D eigenvalue weighted by Gasteiger charge is -2.12. The Kier molecular flexibility index (Phi) is 4.88. The molecule has 2 heterocycles. The lowest BCUT2D eigenvalue weighted by Crippen LogP contribution is -2.09. The van der Waals surface area contributed by atoms with Gasteiger partial charge in [-0.1, -0.05) is 6.07 Å². The van der Waals surface area contributed by atoms with Crippen molar-refractivity contribution in [2.24, 2.45) is 0 Å². The van der Waals surface area contributed by atoms with E-state index in [1.54, 1.807) is 48.7 Å². The number of anilines is 5. The number of hydrogen-bond donors (Lipinski definition) is 4. The maximum atomic E-state index is 11.4. The van der Waals surface area contributed by atoms with Crippen LogP contribution in [0.2, 0.25) is 0 Å². The summed E-state index contributed by atoms with van der Waals surface area (Å²) in [5, 5.41) is 6.24. The molecule has 0 radical (unpaired) electrons. The number of rotatable bonds is 6. The Morgan fingerprint density at radius 2 is 1.80 bits per heavy atom. The number of fused-ring (bicyclic) bond motifs is 1. The molecule has 11 heteroatoms. The molecule has 0 atom stereocenters. The summed E-state index contributed by atoms with van der Waals surface area (Å²) in [4.78, 5) is 22.7. The van der Waals surface area contributed by atoms with Crippen LogP contribution >= 0.6 is 0 Å². The Bertz CT molecular complexity index is 1390. The third kappa shape index (κ3) is 4.58. The highest BCUT2D eigenvalue weighted by molar-refractivity contribution is 7.92. The van der Waals surface area contributed by atoms with Crippen LogP contribution in [0.1, 0.15) is 5.56 Å². The highest BCUT2D eigenvalue weighted by Gasteiger charge is 2.08. The van der Waals surface area contributed by atoms with E-state index >= 15 is 0 Å². The second kappa shape index (κ2) is 7.52. The van der Waals surface area contributed by atoms with E-state index in [-0.39, 0.29) is 0 Å². The minimum absolute atomic E-state index is 0.328. The zero-order valence-electron chi connectivity index (χ0n) is 16.1. The van der Waals surface area contributed by atoms with Crippen molar-refractivity contribution in [1.29, 1.82) is 0 Å². The van der Waals surface area contributed by atoms with Gasteiger partial charge in [-0.25, -0.2) is 18.2 Å². The predicted molar refractivity (Wildman–Crippen MR) is 115 cm³/mol. The van der Waals surface area contributed by atoms with Crippen LogP contribution < -0.4 is 21.1 Å². The average molecular weight is 426 g/mol. The van der Waals surface area contributed by atoms with Gasteiger partial charge in [-0.3, -0.25) is 9.71 Å². The molecular weight excluding hydrogens is 408 g/mol. The van der Waals surface area contributed by atoms with Crippen molar-refractivity contribution in [1.82, 2.24) is 15.0 Å². The van der Waals surface area contributed by atoms with Gasteiger partial charge in [0.1, 0.15) is 5.82 Å². The highest BCUT2D eigenvalue weighted by atomic mass is 32.2. The smallest absolute Gasteiger partial charge is 0.408 e. The van der Waals surface area contributed by atoms with E-state index in [2.05, 4.69) is 30.3 Å². The first-order chi connectivity index (χ1) is 14.2. The molecule has 2 aromatic heterocycles. The maximum absolute atomic E-state index is 11.4. The number of nitrogens with zero attached hydrogens (tertiary/aromatic N) is 2.